The summed E-state index contributed by atoms with van der Waals surface area (Å²) in [7, 11) is 0. The van der Waals surface area contributed by atoms with Crippen molar-refractivity contribution in [2.75, 3.05) is 82.5 Å². The number of allylic oxidation sites excluding steroid dienone is 2. The second-order valence-electron chi connectivity index (χ2n) is 20.2. The highest BCUT2D eigenvalue weighted by atomic mass is 32.1. The molecule has 5 aromatic rings. The van der Waals surface area contributed by atoms with Crippen molar-refractivity contribution >= 4 is 84.6 Å². The highest BCUT2D eigenvalue weighted by Gasteiger charge is 2.46. The van der Waals surface area contributed by atoms with Crippen molar-refractivity contribution in [2.45, 2.75) is 83.9 Å². The molecule has 3 aliphatic rings. The van der Waals surface area contributed by atoms with Crippen LogP contribution in [-0.2, 0) is 35.1 Å². The van der Waals surface area contributed by atoms with E-state index in [1.807, 2.05) is 47.9 Å². The number of aliphatic hydroxyl groups is 1. The first-order chi connectivity index (χ1) is 41.5. The SMILES string of the molecule is CCN(CC#Cc1ccc(OCCCc2sc(N3CCCC(/C(C)=C(\N)Nc4nc5ccccc5s4)=C3N)nc2C(=O)O)c(F)c1)CCNC(=O)CCCC(=O)NCCOCCNC(=O)COc1cccc2c1C(O)N(C1CCC(=O)NC1=O)C2=O. The molecule has 1 saturated heterocycles. The van der Waals surface area contributed by atoms with Crippen molar-refractivity contribution in [3.8, 4) is 23.3 Å². The number of nitrogens with two attached hydrogens (primary N) is 2. The van der Waals surface area contributed by atoms with Gasteiger partial charge in [0, 0.05) is 62.4 Å². The van der Waals surface area contributed by atoms with Gasteiger partial charge in [0.1, 0.15) is 23.4 Å². The molecule has 8 rings (SSSR count). The van der Waals surface area contributed by atoms with Gasteiger partial charge < -0.3 is 62.1 Å². The number of halogens is 1. The van der Waals surface area contributed by atoms with Gasteiger partial charge in [0.2, 0.25) is 23.6 Å². The van der Waals surface area contributed by atoms with Crippen LogP contribution in [0.1, 0.15) is 108 Å². The first kappa shape index (κ1) is 63.3. The van der Waals surface area contributed by atoms with Crippen molar-refractivity contribution in [1.29, 1.82) is 0 Å². The van der Waals surface area contributed by atoms with E-state index in [2.05, 4.69) is 48.4 Å². The van der Waals surface area contributed by atoms with Crippen molar-refractivity contribution in [2.24, 2.45) is 11.5 Å². The average molecular weight is 1220 g/mol. The number of carboxylic acids is 1. The van der Waals surface area contributed by atoms with Crippen LogP contribution in [0.5, 0.6) is 11.5 Å². The van der Waals surface area contributed by atoms with Crippen LogP contribution in [0.4, 0.5) is 14.7 Å². The zero-order valence-electron chi connectivity index (χ0n) is 47.6. The van der Waals surface area contributed by atoms with Gasteiger partial charge in [-0.2, -0.15) is 0 Å². The van der Waals surface area contributed by atoms with Crippen LogP contribution >= 0.6 is 22.7 Å². The molecular weight excluding hydrogens is 1150 g/mol. The number of aromatic carboxylic acids is 1. The van der Waals surface area contributed by atoms with Crippen LogP contribution < -0.4 is 52.4 Å². The third-order valence-corrected chi connectivity index (χ3v) is 16.4. The fourth-order valence-electron chi connectivity index (χ4n) is 9.74. The predicted octanol–water partition coefficient (Wildman–Crippen LogP) is 4.21. The Hall–Kier alpha value is -8.68. The zero-order chi connectivity index (χ0) is 61.3. The Bertz CT molecular complexity index is 3430. The number of aromatic nitrogens is 2. The number of anilines is 2. The number of nitrogens with zero attached hydrogens (tertiary/aromatic N) is 5. The summed E-state index contributed by atoms with van der Waals surface area (Å²) in [5.74, 6) is 2.65. The molecule has 0 radical (unpaired) electrons. The number of carbonyl (C=O) groups is 7. The lowest BCUT2D eigenvalue weighted by Gasteiger charge is -2.32. The standard InChI is InChI=1S/C59H69FN12O12S2/c1-3-70(29-24-63-46(73)18-7-19-47(74)64-25-31-82-32-26-65-49(76)34-84-43-15-6-12-38-50(43)56(79)72(55(38)78)41-21-23-48(75)67-54(41)77)27-8-11-36-20-22-42(39(60)33-36)83-30-10-17-45-51(57(80)81)68-59(86-45)71-28-9-13-37(53(71)62)35(2)52(61)69-58-66-40-14-4-5-16-44(40)85-58/h4-6,12,14-16,20,22,33,41,56,79H,3,7,9-10,13,17-19,21,23-32,34,61-62H2,1-2H3,(H,63,73)(H,64,74)(H,65,76)(H,66,69)(H,80,81)(H,67,75,77)/b52-35+. The molecule has 3 aliphatic heterocycles. The van der Waals surface area contributed by atoms with E-state index in [-0.39, 0.29) is 98.7 Å². The van der Waals surface area contributed by atoms with E-state index in [9.17, 15) is 43.8 Å². The second kappa shape index (κ2) is 30.4. The number of aliphatic hydroxyl groups excluding tert-OH is 1. The van der Waals surface area contributed by atoms with Gasteiger partial charge in [0.05, 0.1) is 47.7 Å². The third kappa shape index (κ3) is 16.6. The van der Waals surface area contributed by atoms with E-state index >= 15 is 4.39 Å². The lowest BCUT2D eigenvalue weighted by atomic mass is 9.99. The predicted molar refractivity (Wildman–Crippen MR) is 319 cm³/mol. The first-order valence-corrected chi connectivity index (χ1v) is 29.8. The summed E-state index contributed by atoms with van der Waals surface area (Å²) in [5, 5.41) is 35.8. The topological polar surface area (TPSA) is 335 Å². The average Bonchev–Trinajstić information content (AvgIpc) is 2.15. The Morgan fingerprint density at radius 2 is 1.66 bits per heavy atom. The molecule has 3 aromatic carbocycles. The molecule has 2 unspecified atom stereocenters. The Kier molecular flexibility index (Phi) is 22.4. The summed E-state index contributed by atoms with van der Waals surface area (Å²) in [6, 6.07) is 15.7. The fraction of sp³-hybridized carbons (Fsp3) is 0.407. The zero-order valence-corrected chi connectivity index (χ0v) is 49.3. The van der Waals surface area contributed by atoms with Gasteiger partial charge in [-0.15, -0.1) is 11.3 Å². The van der Waals surface area contributed by atoms with Crippen LogP contribution in [0.3, 0.4) is 0 Å². The summed E-state index contributed by atoms with van der Waals surface area (Å²) in [6.07, 6.45) is 1.36. The molecular formula is C59H69FN12O12S2. The van der Waals surface area contributed by atoms with Gasteiger partial charge in [-0.3, -0.25) is 43.9 Å². The number of para-hydroxylation sites is 1. The number of carbonyl (C=O) groups excluding carboxylic acids is 6. The van der Waals surface area contributed by atoms with E-state index in [4.69, 9.17) is 25.7 Å². The number of rotatable bonds is 29. The van der Waals surface area contributed by atoms with Crippen LogP contribution in [0, 0.1) is 17.7 Å². The normalized spacial score (nSPS) is 16.1. The van der Waals surface area contributed by atoms with Gasteiger partial charge in [0.15, 0.2) is 40.4 Å². The number of likely N-dealkylation sites (N-methyl/N-ethyl adjacent to an activating group) is 1. The van der Waals surface area contributed by atoms with E-state index in [0.717, 1.165) is 32.7 Å². The summed E-state index contributed by atoms with van der Waals surface area (Å²) in [6.45, 7) is 6.69. The highest BCUT2D eigenvalue weighted by Crippen LogP contribution is 2.41. The highest BCUT2D eigenvalue weighted by molar-refractivity contribution is 7.22. The minimum Gasteiger partial charge on any atom is -0.491 e. The molecule has 0 bridgehead atoms. The number of nitrogens with one attached hydrogen (secondary N) is 5. The number of aryl methyl sites for hydroxylation is 1. The lowest BCUT2D eigenvalue weighted by molar-refractivity contribution is -0.139. The Labute approximate surface area is 503 Å². The number of carboxylic acid groups (broad SMARTS) is 1. The van der Waals surface area contributed by atoms with Crippen LogP contribution in [0.25, 0.3) is 10.2 Å². The first-order valence-electron chi connectivity index (χ1n) is 28.2. The number of imide groups is 1. The van der Waals surface area contributed by atoms with Crippen molar-refractivity contribution in [3.05, 3.63) is 117 Å². The van der Waals surface area contributed by atoms with Crippen molar-refractivity contribution in [1.82, 2.24) is 41.0 Å². The van der Waals surface area contributed by atoms with Gasteiger partial charge in [-0.1, -0.05) is 48.3 Å². The van der Waals surface area contributed by atoms with Crippen molar-refractivity contribution in [3.63, 3.8) is 0 Å². The molecule has 86 heavy (non-hydrogen) atoms. The van der Waals surface area contributed by atoms with E-state index < -0.39 is 54.3 Å². The number of fused-ring (bicyclic) bond motifs is 2. The monoisotopic (exact) mass is 1220 g/mol. The van der Waals surface area contributed by atoms with Gasteiger partial charge in [-0.25, -0.2) is 19.2 Å². The number of hydrogen-bond acceptors (Lipinski definition) is 20. The summed E-state index contributed by atoms with van der Waals surface area (Å²) < 4.78 is 33.1. The number of ether oxygens (including phenoxy) is 3. The van der Waals surface area contributed by atoms with Gasteiger partial charge >= 0.3 is 5.97 Å². The maximum absolute atomic E-state index is 15.2. The quantitative estimate of drug-likeness (QED) is 0.0184. The minimum atomic E-state index is -1.51. The third-order valence-electron chi connectivity index (χ3n) is 14.3. The molecule has 24 nitrogen and oxygen atoms in total. The molecule has 0 spiro atoms. The summed E-state index contributed by atoms with van der Waals surface area (Å²) in [5.41, 5.74) is 16.3. The molecule has 27 heteroatoms. The van der Waals surface area contributed by atoms with Crippen LogP contribution in [0.15, 0.2) is 83.5 Å². The Balaban J connectivity index is 0.663. The molecule has 1 fully saturated rings. The van der Waals surface area contributed by atoms with Crippen LogP contribution in [0.2, 0.25) is 0 Å². The van der Waals surface area contributed by atoms with Gasteiger partial charge in [-0.05, 0) is 106 Å². The fourth-order valence-corrected chi connectivity index (χ4v) is 11.7. The lowest BCUT2D eigenvalue weighted by Crippen LogP contribution is -2.53. The second-order valence-corrected chi connectivity index (χ2v) is 22.3. The number of benzene rings is 3. The Morgan fingerprint density at radius 3 is 2.40 bits per heavy atom. The van der Waals surface area contributed by atoms with E-state index in [1.165, 1.54) is 53.0 Å². The maximum atomic E-state index is 15.2. The molecule has 2 atom stereocenters. The molecule has 0 saturated carbocycles. The van der Waals surface area contributed by atoms with E-state index in [1.54, 1.807) is 6.07 Å². The Morgan fingerprint density at radius 1 is 0.907 bits per heavy atom. The molecule has 5 heterocycles. The number of hydrogen-bond donors (Lipinski definition) is 9. The molecule has 6 amide bonds. The van der Waals surface area contributed by atoms with E-state index in [0.29, 0.717) is 90.8 Å². The molecule has 0 aliphatic carbocycles. The van der Waals surface area contributed by atoms with Crippen LogP contribution in [-0.4, -0.2) is 150 Å². The maximum Gasteiger partial charge on any atom is 0.355 e. The smallest absolute Gasteiger partial charge is 0.355 e. The van der Waals surface area contributed by atoms with Crippen molar-refractivity contribution < 1.29 is 62.4 Å². The molecule has 2 aromatic heterocycles. The number of piperidine rings is 1. The minimum absolute atomic E-state index is 0.0212. The largest absolute Gasteiger partial charge is 0.491 e. The number of thiazole rings is 2. The molecule has 11 N–H and O–H groups in total. The summed E-state index contributed by atoms with van der Waals surface area (Å²) >= 11 is 2.74. The molecule has 456 valence electrons. The van der Waals surface area contributed by atoms with Gasteiger partial charge in [0.25, 0.3) is 11.8 Å². The number of amides is 6. The summed E-state index contributed by atoms with van der Waals surface area (Å²) in [4.78, 5) is 101.